The summed E-state index contributed by atoms with van der Waals surface area (Å²) < 4.78 is 0. The summed E-state index contributed by atoms with van der Waals surface area (Å²) in [5.74, 6) is -0.0524. The van der Waals surface area contributed by atoms with Crippen LogP contribution >= 0.6 is 23.2 Å². The molecule has 0 heterocycles. The largest absolute Gasteiger partial charge is 0.326 e. The van der Waals surface area contributed by atoms with E-state index in [9.17, 15) is 4.79 Å². The van der Waals surface area contributed by atoms with Crippen LogP contribution in [0.3, 0.4) is 0 Å². The monoisotopic (exact) mass is 317 g/mol. The first-order valence-corrected chi connectivity index (χ1v) is 7.34. The van der Waals surface area contributed by atoms with Gasteiger partial charge in [0.1, 0.15) is 0 Å². The third-order valence-electron chi connectivity index (χ3n) is 2.63. The average molecular weight is 318 g/mol. The van der Waals surface area contributed by atoms with Crippen LogP contribution in [-0.2, 0) is 4.79 Å². The van der Waals surface area contributed by atoms with E-state index in [1.807, 2.05) is 14.1 Å². The molecule has 0 aliphatic heterocycles. The molecule has 1 rings (SSSR count). The highest BCUT2D eigenvalue weighted by Crippen LogP contribution is 2.22. The van der Waals surface area contributed by atoms with Crippen molar-refractivity contribution in [1.29, 1.82) is 0 Å². The maximum absolute atomic E-state index is 11.7. The number of anilines is 1. The lowest BCUT2D eigenvalue weighted by Crippen LogP contribution is -2.25. The molecule has 4 nitrogen and oxygen atoms in total. The van der Waals surface area contributed by atoms with Crippen molar-refractivity contribution in [3.63, 3.8) is 0 Å². The molecular weight excluding hydrogens is 297 g/mol. The van der Waals surface area contributed by atoms with E-state index in [0.29, 0.717) is 28.7 Å². The molecule has 0 radical (unpaired) electrons. The zero-order chi connectivity index (χ0) is 15.0. The summed E-state index contributed by atoms with van der Waals surface area (Å²) in [6.07, 6.45) is 1.49. The Morgan fingerprint density at radius 1 is 1.15 bits per heavy atom. The zero-order valence-corrected chi connectivity index (χ0v) is 13.4. The molecule has 0 atom stereocenters. The van der Waals surface area contributed by atoms with Crippen LogP contribution in [0.5, 0.6) is 0 Å². The summed E-state index contributed by atoms with van der Waals surface area (Å²) in [4.78, 5) is 13.9. The fourth-order valence-corrected chi connectivity index (χ4v) is 2.22. The molecule has 0 saturated heterocycles. The normalized spacial score (nSPS) is 10.8. The Morgan fingerprint density at radius 2 is 1.80 bits per heavy atom. The Balaban J connectivity index is 2.20. The number of nitrogens with zero attached hydrogens (tertiary/aromatic N) is 1. The zero-order valence-electron chi connectivity index (χ0n) is 11.9. The topological polar surface area (TPSA) is 44.4 Å². The van der Waals surface area contributed by atoms with Crippen LogP contribution in [0.25, 0.3) is 0 Å². The van der Waals surface area contributed by atoms with Crippen molar-refractivity contribution in [2.45, 2.75) is 12.8 Å². The first-order chi connectivity index (χ1) is 9.47. The highest BCUT2D eigenvalue weighted by atomic mass is 35.5. The van der Waals surface area contributed by atoms with Gasteiger partial charge in [-0.1, -0.05) is 23.2 Å². The predicted octanol–water partition coefficient (Wildman–Crippen LogP) is 2.86. The predicted molar refractivity (Wildman–Crippen MR) is 85.7 cm³/mol. The summed E-state index contributed by atoms with van der Waals surface area (Å²) in [6.45, 7) is 2.61. The molecular formula is C14H21Cl2N3O. The second-order valence-corrected chi connectivity index (χ2v) is 5.74. The molecule has 1 amide bonds. The molecule has 112 valence electrons. The second kappa shape index (κ2) is 9.19. The van der Waals surface area contributed by atoms with Gasteiger partial charge in [0.25, 0.3) is 0 Å². The SMILES string of the molecule is CN(C)CCCNCCC(=O)Nc1cc(Cl)cc(Cl)c1. The van der Waals surface area contributed by atoms with Gasteiger partial charge >= 0.3 is 0 Å². The molecule has 1 aromatic carbocycles. The summed E-state index contributed by atoms with van der Waals surface area (Å²) in [7, 11) is 4.09. The summed E-state index contributed by atoms with van der Waals surface area (Å²) in [6, 6.07) is 4.98. The Morgan fingerprint density at radius 3 is 2.40 bits per heavy atom. The average Bonchev–Trinajstić information content (AvgIpc) is 2.31. The Labute approximate surface area is 130 Å². The molecule has 0 spiro atoms. The number of amides is 1. The first kappa shape index (κ1) is 17.2. The molecule has 6 heteroatoms. The molecule has 2 N–H and O–H groups in total. The second-order valence-electron chi connectivity index (χ2n) is 4.86. The first-order valence-electron chi connectivity index (χ1n) is 6.59. The van der Waals surface area contributed by atoms with Crippen LogP contribution in [0, 0.1) is 0 Å². The van der Waals surface area contributed by atoms with Gasteiger partial charge in [-0.25, -0.2) is 0 Å². The lowest BCUT2D eigenvalue weighted by atomic mass is 10.3. The van der Waals surface area contributed by atoms with Gasteiger partial charge in [-0.05, 0) is 51.8 Å². The van der Waals surface area contributed by atoms with Crippen LogP contribution in [-0.4, -0.2) is 44.5 Å². The van der Waals surface area contributed by atoms with Gasteiger partial charge in [0.15, 0.2) is 0 Å². The van der Waals surface area contributed by atoms with Crippen LogP contribution in [0.2, 0.25) is 10.0 Å². The van der Waals surface area contributed by atoms with E-state index in [0.717, 1.165) is 19.5 Å². The number of nitrogens with one attached hydrogen (secondary N) is 2. The quantitative estimate of drug-likeness (QED) is 0.725. The Kier molecular flexibility index (Phi) is 7.92. The fourth-order valence-electron chi connectivity index (χ4n) is 1.70. The van der Waals surface area contributed by atoms with E-state index in [-0.39, 0.29) is 5.91 Å². The van der Waals surface area contributed by atoms with Gasteiger partial charge in [0, 0.05) is 28.7 Å². The molecule has 0 aliphatic carbocycles. The maximum atomic E-state index is 11.7. The maximum Gasteiger partial charge on any atom is 0.225 e. The van der Waals surface area contributed by atoms with Crippen LogP contribution in [0.15, 0.2) is 18.2 Å². The molecule has 0 aliphatic rings. The van der Waals surface area contributed by atoms with Crippen molar-refractivity contribution < 1.29 is 4.79 Å². The Hall–Kier alpha value is -0.810. The highest BCUT2D eigenvalue weighted by molar-refractivity contribution is 6.35. The van der Waals surface area contributed by atoms with Crippen LogP contribution in [0.4, 0.5) is 5.69 Å². The number of hydrogen-bond donors (Lipinski definition) is 2. The number of benzene rings is 1. The number of rotatable bonds is 8. The van der Waals surface area contributed by atoms with Crippen LogP contribution in [0.1, 0.15) is 12.8 Å². The van der Waals surface area contributed by atoms with Crippen molar-refractivity contribution >= 4 is 34.8 Å². The third-order valence-corrected chi connectivity index (χ3v) is 3.07. The van der Waals surface area contributed by atoms with Crippen molar-refractivity contribution in [2.75, 3.05) is 39.0 Å². The van der Waals surface area contributed by atoms with Gasteiger partial charge in [-0.15, -0.1) is 0 Å². The van der Waals surface area contributed by atoms with Crippen molar-refractivity contribution in [3.8, 4) is 0 Å². The van der Waals surface area contributed by atoms with E-state index in [1.54, 1.807) is 18.2 Å². The lowest BCUT2D eigenvalue weighted by Gasteiger charge is -2.10. The van der Waals surface area contributed by atoms with Crippen molar-refractivity contribution in [2.24, 2.45) is 0 Å². The standard InChI is InChI=1S/C14H21Cl2N3O/c1-19(2)7-3-5-17-6-4-14(20)18-13-9-11(15)8-12(16)10-13/h8-10,17H,3-7H2,1-2H3,(H,18,20). The summed E-state index contributed by atoms with van der Waals surface area (Å²) in [5.41, 5.74) is 0.625. The van der Waals surface area contributed by atoms with Gasteiger partial charge in [-0.3, -0.25) is 4.79 Å². The minimum Gasteiger partial charge on any atom is -0.326 e. The molecule has 0 saturated carbocycles. The number of halogens is 2. The fraction of sp³-hybridized carbons (Fsp3) is 0.500. The highest BCUT2D eigenvalue weighted by Gasteiger charge is 2.04. The van der Waals surface area contributed by atoms with Crippen molar-refractivity contribution in [3.05, 3.63) is 28.2 Å². The smallest absolute Gasteiger partial charge is 0.225 e. The molecule has 1 aromatic rings. The van der Waals surface area contributed by atoms with Crippen LogP contribution < -0.4 is 10.6 Å². The van der Waals surface area contributed by atoms with E-state index in [2.05, 4.69) is 15.5 Å². The number of carbonyl (C=O) groups excluding carboxylic acids is 1. The van der Waals surface area contributed by atoms with E-state index in [4.69, 9.17) is 23.2 Å². The van der Waals surface area contributed by atoms with E-state index < -0.39 is 0 Å². The molecule has 0 unspecified atom stereocenters. The minimum absolute atomic E-state index is 0.0524. The minimum atomic E-state index is -0.0524. The van der Waals surface area contributed by atoms with Crippen molar-refractivity contribution in [1.82, 2.24) is 10.2 Å². The third kappa shape index (κ3) is 7.70. The van der Waals surface area contributed by atoms with Gasteiger partial charge in [0.05, 0.1) is 0 Å². The van der Waals surface area contributed by atoms with Gasteiger partial charge in [-0.2, -0.15) is 0 Å². The number of hydrogen-bond acceptors (Lipinski definition) is 3. The molecule has 20 heavy (non-hydrogen) atoms. The summed E-state index contributed by atoms with van der Waals surface area (Å²) in [5, 5.41) is 7.04. The molecule has 0 aromatic heterocycles. The molecule has 0 fully saturated rings. The summed E-state index contributed by atoms with van der Waals surface area (Å²) >= 11 is 11.7. The van der Waals surface area contributed by atoms with E-state index in [1.165, 1.54) is 0 Å². The van der Waals surface area contributed by atoms with Gasteiger partial charge in [0.2, 0.25) is 5.91 Å². The lowest BCUT2D eigenvalue weighted by molar-refractivity contribution is -0.116. The van der Waals surface area contributed by atoms with Gasteiger partial charge < -0.3 is 15.5 Å². The Bertz CT molecular complexity index is 418. The van der Waals surface area contributed by atoms with E-state index >= 15 is 0 Å². The molecule has 0 bridgehead atoms. The number of carbonyl (C=O) groups is 1.